The van der Waals surface area contributed by atoms with Crippen LogP contribution in [0.25, 0.3) is 0 Å². The van der Waals surface area contributed by atoms with E-state index in [1.165, 1.54) is 10.8 Å². The molecule has 3 rings (SSSR count). The van der Waals surface area contributed by atoms with Crippen molar-refractivity contribution in [3.63, 3.8) is 0 Å². The number of hydrogen-bond donors (Lipinski definition) is 3. The molecule has 8 heteroatoms. The van der Waals surface area contributed by atoms with Gasteiger partial charge in [-0.1, -0.05) is 30.3 Å². The minimum Gasteiger partial charge on any atom is -0.394 e. The van der Waals surface area contributed by atoms with Gasteiger partial charge in [-0.25, -0.2) is 4.79 Å². The van der Waals surface area contributed by atoms with E-state index in [1.807, 2.05) is 30.3 Å². The van der Waals surface area contributed by atoms with Crippen molar-refractivity contribution in [1.29, 1.82) is 0 Å². The number of nitrogens with zero attached hydrogens (tertiary/aromatic N) is 1. The zero-order chi connectivity index (χ0) is 18.0. The highest BCUT2D eigenvalue weighted by Gasteiger charge is 2.45. The fourth-order valence-corrected chi connectivity index (χ4v) is 2.81. The number of aromatic amines is 1. The number of benzene rings is 1. The van der Waals surface area contributed by atoms with Crippen molar-refractivity contribution in [2.24, 2.45) is 0 Å². The zero-order valence-electron chi connectivity index (χ0n) is 13.7. The number of aliphatic hydroxyl groups is 2. The van der Waals surface area contributed by atoms with E-state index in [-0.39, 0.29) is 6.61 Å². The molecule has 0 bridgehead atoms. The number of aryl methyl sites for hydroxylation is 1. The van der Waals surface area contributed by atoms with Crippen molar-refractivity contribution >= 4 is 0 Å². The SMILES string of the molecule is Cc1cn([C@@H]2O[C@H](CO)[C@@H](O)[C@@H]2OCc2ccccc2)c(=O)[nH]c1=O. The van der Waals surface area contributed by atoms with Crippen molar-refractivity contribution in [3.05, 3.63) is 68.5 Å². The van der Waals surface area contributed by atoms with Gasteiger partial charge in [0.2, 0.25) is 0 Å². The summed E-state index contributed by atoms with van der Waals surface area (Å²) in [6, 6.07) is 9.35. The van der Waals surface area contributed by atoms with Crippen LogP contribution in [-0.2, 0) is 16.1 Å². The summed E-state index contributed by atoms with van der Waals surface area (Å²) < 4.78 is 12.6. The fraction of sp³-hybridized carbons (Fsp3) is 0.412. The third-order valence-corrected chi connectivity index (χ3v) is 4.20. The molecule has 3 N–H and O–H groups in total. The highest BCUT2D eigenvalue weighted by atomic mass is 16.6. The molecule has 2 aromatic rings. The Morgan fingerprint density at radius 2 is 2.00 bits per heavy atom. The van der Waals surface area contributed by atoms with Gasteiger partial charge in [-0.3, -0.25) is 14.3 Å². The Balaban J connectivity index is 1.89. The lowest BCUT2D eigenvalue weighted by atomic mass is 10.1. The van der Waals surface area contributed by atoms with Crippen LogP contribution < -0.4 is 11.2 Å². The van der Waals surface area contributed by atoms with Crippen molar-refractivity contribution in [2.75, 3.05) is 6.61 Å². The van der Waals surface area contributed by atoms with E-state index in [4.69, 9.17) is 9.47 Å². The normalized spacial score (nSPS) is 26.0. The Morgan fingerprint density at radius 1 is 1.28 bits per heavy atom. The van der Waals surface area contributed by atoms with E-state index in [0.29, 0.717) is 5.56 Å². The zero-order valence-corrected chi connectivity index (χ0v) is 13.7. The summed E-state index contributed by atoms with van der Waals surface area (Å²) in [6.45, 7) is 1.35. The van der Waals surface area contributed by atoms with Crippen molar-refractivity contribution in [3.8, 4) is 0 Å². The lowest BCUT2D eigenvalue weighted by Crippen LogP contribution is -2.40. The number of hydrogen-bond acceptors (Lipinski definition) is 6. The first-order chi connectivity index (χ1) is 12.0. The Morgan fingerprint density at radius 3 is 2.68 bits per heavy atom. The molecule has 0 unspecified atom stereocenters. The summed E-state index contributed by atoms with van der Waals surface area (Å²) in [7, 11) is 0. The molecule has 0 spiro atoms. The molecule has 1 fully saturated rings. The molecule has 1 aromatic heterocycles. The number of aromatic nitrogens is 2. The highest BCUT2D eigenvalue weighted by Crippen LogP contribution is 2.31. The van der Waals surface area contributed by atoms with Gasteiger partial charge < -0.3 is 19.7 Å². The Labute approximate surface area is 143 Å². The predicted molar refractivity (Wildman–Crippen MR) is 88.1 cm³/mol. The Hall–Kier alpha value is -2.26. The molecule has 0 radical (unpaired) electrons. The maximum absolute atomic E-state index is 12.1. The van der Waals surface area contributed by atoms with Gasteiger partial charge in [0.05, 0.1) is 13.2 Å². The van der Waals surface area contributed by atoms with E-state index in [2.05, 4.69) is 4.98 Å². The van der Waals surface area contributed by atoms with E-state index in [9.17, 15) is 19.8 Å². The molecule has 0 amide bonds. The first-order valence-electron chi connectivity index (χ1n) is 7.93. The monoisotopic (exact) mass is 348 g/mol. The molecule has 8 nitrogen and oxygen atoms in total. The maximum atomic E-state index is 12.1. The lowest BCUT2D eigenvalue weighted by Gasteiger charge is -2.22. The summed E-state index contributed by atoms with van der Waals surface area (Å²) in [5, 5.41) is 19.8. The van der Waals surface area contributed by atoms with Gasteiger partial charge in [-0.2, -0.15) is 0 Å². The third-order valence-electron chi connectivity index (χ3n) is 4.20. The Bertz CT molecular complexity index is 831. The van der Waals surface area contributed by atoms with Gasteiger partial charge in [0.1, 0.15) is 18.3 Å². The summed E-state index contributed by atoms with van der Waals surface area (Å²) in [6.07, 6.45) is -2.47. The first kappa shape index (κ1) is 17.6. The van der Waals surface area contributed by atoms with Gasteiger partial charge in [-0.05, 0) is 12.5 Å². The molecule has 25 heavy (non-hydrogen) atoms. The number of aliphatic hydroxyl groups excluding tert-OH is 2. The topological polar surface area (TPSA) is 114 Å². The number of nitrogens with one attached hydrogen (secondary N) is 1. The van der Waals surface area contributed by atoms with E-state index in [0.717, 1.165) is 5.56 Å². The van der Waals surface area contributed by atoms with E-state index in [1.54, 1.807) is 6.92 Å². The second-order valence-electron chi connectivity index (χ2n) is 5.98. The number of ether oxygens (including phenoxy) is 2. The minimum atomic E-state index is -1.11. The van der Waals surface area contributed by atoms with Crippen LogP contribution in [0.4, 0.5) is 0 Å². The van der Waals surface area contributed by atoms with Gasteiger partial charge in [-0.15, -0.1) is 0 Å². The molecule has 2 heterocycles. The fourth-order valence-electron chi connectivity index (χ4n) is 2.81. The minimum absolute atomic E-state index is 0.206. The van der Waals surface area contributed by atoms with Crippen LogP contribution in [-0.4, -0.2) is 44.7 Å². The molecule has 1 aromatic carbocycles. The van der Waals surface area contributed by atoms with Crippen molar-refractivity contribution in [2.45, 2.75) is 38.1 Å². The quantitative estimate of drug-likeness (QED) is 0.682. The average Bonchev–Trinajstić information content (AvgIpc) is 2.93. The second kappa shape index (κ2) is 7.32. The molecular formula is C17H20N2O6. The first-order valence-corrected chi connectivity index (χ1v) is 7.93. The molecular weight excluding hydrogens is 328 g/mol. The molecule has 1 aliphatic rings. The van der Waals surface area contributed by atoms with Crippen LogP contribution in [0, 0.1) is 6.92 Å². The van der Waals surface area contributed by atoms with Crippen LogP contribution in [0.2, 0.25) is 0 Å². The molecule has 1 saturated heterocycles. The van der Waals surface area contributed by atoms with Gasteiger partial charge in [0.25, 0.3) is 5.56 Å². The van der Waals surface area contributed by atoms with Gasteiger partial charge in [0, 0.05) is 11.8 Å². The van der Waals surface area contributed by atoms with Crippen molar-refractivity contribution < 1.29 is 19.7 Å². The van der Waals surface area contributed by atoms with Crippen LogP contribution in [0.5, 0.6) is 0 Å². The largest absolute Gasteiger partial charge is 0.394 e. The van der Waals surface area contributed by atoms with E-state index < -0.39 is 42.4 Å². The third kappa shape index (κ3) is 3.57. The lowest BCUT2D eigenvalue weighted by molar-refractivity contribution is -0.0798. The second-order valence-corrected chi connectivity index (χ2v) is 5.98. The van der Waals surface area contributed by atoms with Crippen LogP contribution in [0.1, 0.15) is 17.4 Å². The number of H-pyrrole nitrogens is 1. The van der Waals surface area contributed by atoms with Gasteiger partial charge in [0.15, 0.2) is 6.23 Å². The predicted octanol–water partition coefficient (Wildman–Crippen LogP) is -0.319. The summed E-state index contributed by atoms with van der Waals surface area (Å²) in [5.41, 5.74) is 0.0674. The highest BCUT2D eigenvalue weighted by molar-refractivity contribution is 5.13. The molecule has 1 aliphatic heterocycles. The maximum Gasteiger partial charge on any atom is 0.330 e. The summed E-state index contributed by atoms with van der Waals surface area (Å²) >= 11 is 0. The standard InChI is InChI=1S/C17H20N2O6/c1-10-7-19(17(23)18-15(10)22)16-14(13(21)12(8-20)25-16)24-9-11-5-3-2-4-6-11/h2-7,12-14,16,20-21H,8-9H2,1H3,(H,18,22,23)/t12-,13-,14+,16-/m1/s1. The molecule has 0 saturated carbocycles. The summed E-state index contributed by atoms with van der Waals surface area (Å²) in [5.74, 6) is 0. The molecule has 0 aliphatic carbocycles. The molecule has 4 atom stereocenters. The Kier molecular flexibility index (Phi) is 5.14. The van der Waals surface area contributed by atoms with Crippen LogP contribution in [0.15, 0.2) is 46.1 Å². The van der Waals surface area contributed by atoms with Crippen LogP contribution in [0.3, 0.4) is 0 Å². The van der Waals surface area contributed by atoms with Crippen molar-refractivity contribution in [1.82, 2.24) is 9.55 Å². The average molecular weight is 348 g/mol. The van der Waals surface area contributed by atoms with Gasteiger partial charge >= 0.3 is 5.69 Å². The summed E-state index contributed by atoms with van der Waals surface area (Å²) in [4.78, 5) is 25.9. The smallest absolute Gasteiger partial charge is 0.330 e. The van der Waals surface area contributed by atoms with Crippen LogP contribution >= 0.6 is 0 Å². The van der Waals surface area contributed by atoms with E-state index >= 15 is 0 Å². The molecule has 134 valence electrons. The number of rotatable bonds is 5.